The van der Waals surface area contributed by atoms with Gasteiger partial charge in [-0.25, -0.2) is 9.59 Å². The molecule has 1 aliphatic carbocycles. The molecular formula is C23H26N3O5S2+. The number of fused-ring (bicyclic) bond motifs is 1. The second-order valence-electron chi connectivity index (χ2n) is 7.59. The number of rotatable bonds is 8. The maximum absolute atomic E-state index is 12.7. The van der Waals surface area contributed by atoms with Gasteiger partial charge in [-0.05, 0) is 59.9 Å². The first-order chi connectivity index (χ1) is 16.1. The number of carbonyl (C=O) groups is 2. The number of esters is 1. The van der Waals surface area contributed by atoms with Gasteiger partial charge < -0.3 is 10.1 Å². The lowest BCUT2D eigenvalue weighted by Crippen LogP contribution is -2.36. The Morgan fingerprint density at radius 1 is 1.21 bits per heavy atom. The van der Waals surface area contributed by atoms with Crippen molar-refractivity contribution < 1.29 is 23.5 Å². The molecule has 1 aromatic carbocycles. The third-order valence-corrected chi connectivity index (χ3v) is 7.58. The first kappa shape index (κ1) is 23.3. The Morgan fingerprint density at radius 2 is 2.00 bits per heavy atom. The number of hydrogen-bond donors (Lipinski definition) is 2. The van der Waals surface area contributed by atoms with Crippen LogP contribution in [0.25, 0.3) is 5.69 Å². The third-order valence-electron chi connectivity index (χ3n) is 5.34. The minimum Gasteiger partial charge on any atom is -0.462 e. The van der Waals surface area contributed by atoms with Crippen LogP contribution in [0.5, 0.6) is 0 Å². The van der Waals surface area contributed by atoms with Crippen LogP contribution in [-0.4, -0.2) is 29.5 Å². The summed E-state index contributed by atoms with van der Waals surface area (Å²) in [5, 5.41) is 6.44. The van der Waals surface area contributed by atoms with Gasteiger partial charge in [-0.2, -0.15) is 0 Å². The second kappa shape index (κ2) is 10.8. The number of H-pyrrole nitrogens is 1. The number of para-hydroxylation sites is 1. The van der Waals surface area contributed by atoms with Crippen molar-refractivity contribution in [2.45, 2.75) is 50.5 Å². The molecule has 0 saturated carbocycles. The summed E-state index contributed by atoms with van der Waals surface area (Å²) in [6.07, 6.45) is 5.17. The number of thiophene rings is 1. The summed E-state index contributed by atoms with van der Waals surface area (Å²) in [5.74, 6) is -0.216. The summed E-state index contributed by atoms with van der Waals surface area (Å²) >= 11 is 2.72. The number of aromatic amines is 1. The van der Waals surface area contributed by atoms with Crippen molar-refractivity contribution >= 4 is 40.0 Å². The Bertz CT molecular complexity index is 1180. The summed E-state index contributed by atoms with van der Waals surface area (Å²) in [6, 6.07) is 9.30. The Morgan fingerprint density at radius 3 is 2.79 bits per heavy atom. The van der Waals surface area contributed by atoms with Gasteiger partial charge in [0.15, 0.2) is 0 Å². The van der Waals surface area contributed by atoms with E-state index in [0.29, 0.717) is 21.3 Å². The number of carbonyl (C=O) groups excluding carboxylic acids is 2. The zero-order valence-electron chi connectivity index (χ0n) is 18.3. The van der Waals surface area contributed by atoms with Gasteiger partial charge in [0.2, 0.25) is 11.6 Å². The normalized spacial score (nSPS) is 13.2. The van der Waals surface area contributed by atoms with Crippen LogP contribution in [0, 0.1) is 0 Å². The van der Waals surface area contributed by atoms with E-state index in [9.17, 15) is 14.4 Å². The molecule has 1 aliphatic rings. The fourth-order valence-corrected chi connectivity index (χ4v) is 6.02. The highest BCUT2D eigenvalue weighted by atomic mass is 32.2. The highest BCUT2D eigenvalue weighted by molar-refractivity contribution is 7.99. The number of amides is 1. The van der Waals surface area contributed by atoms with Gasteiger partial charge in [0.25, 0.3) is 0 Å². The molecule has 0 spiro atoms. The highest BCUT2D eigenvalue weighted by Crippen LogP contribution is 2.38. The molecule has 2 N–H and O–H groups in total. The third kappa shape index (κ3) is 5.39. The zero-order valence-corrected chi connectivity index (χ0v) is 20.0. The summed E-state index contributed by atoms with van der Waals surface area (Å²) < 4.78 is 11.8. The Kier molecular flexibility index (Phi) is 7.66. The van der Waals surface area contributed by atoms with Crippen molar-refractivity contribution in [1.82, 2.24) is 5.27 Å². The predicted octanol–water partition coefficient (Wildman–Crippen LogP) is 3.87. The lowest BCUT2D eigenvalue weighted by atomic mass is 10.1. The minimum atomic E-state index is -0.490. The van der Waals surface area contributed by atoms with Crippen LogP contribution in [0.15, 0.2) is 44.7 Å². The van der Waals surface area contributed by atoms with E-state index in [1.165, 1.54) is 23.1 Å². The summed E-state index contributed by atoms with van der Waals surface area (Å²) in [7, 11) is 0. The molecule has 0 radical (unpaired) electrons. The van der Waals surface area contributed by atoms with Crippen LogP contribution in [0.2, 0.25) is 0 Å². The van der Waals surface area contributed by atoms with E-state index in [-0.39, 0.29) is 24.9 Å². The van der Waals surface area contributed by atoms with Crippen molar-refractivity contribution in [2.75, 3.05) is 17.7 Å². The molecule has 0 bridgehead atoms. The van der Waals surface area contributed by atoms with E-state index >= 15 is 0 Å². The smallest absolute Gasteiger partial charge is 0.442 e. The van der Waals surface area contributed by atoms with Gasteiger partial charge in [0.1, 0.15) is 5.00 Å². The fraction of sp³-hybridized carbons (Fsp3) is 0.391. The first-order valence-corrected chi connectivity index (χ1v) is 12.8. The number of ether oxygens (including phenoxy) is 1. The van der Waals surface area contributed by atoms with E-state index in [2.05, 4.69) is 10.6 Å². The summed E-state index contributed by atoms with van der Waals surface area (Å²) in [6.45, 7) is 2.06. The van der Waals surface area contributed by atoms with Crippen LogP contribution in [0.3, 0.4) is 0 Å². The van der Waals surface area contributed by atoms with Gasteiger partial charge in [0.05, 0.1) is 12.2 Å². The Balaban J connectivity index is 1.44. The van der Waals surface area contributed by atoms with Gasteiger partial charge >= 0.3 is 16.6 Å². The number of anilines is 1. The van der Waals surface area contributed by atoms with Gasteiger partial charge in [-0.15, -0.1) is 11.3 Å². The molecule has 1 amide bonds. The largest absolute Gasteiger partial charge is 0.462 e. The molecule has 0 unspecified atom stereocenters. The second-order valence-corrected chi connectivity index (χ2v) is 9.78. The van der Waals surface area contributed by atoms with E-state index in [0.717, 1.165) is 48.2 Å². The number of aryl methyl sites for hydroxylation is 1. The molecule has 8 nitrogen and oxygen atoms in total. The number of aromatic nitrogens is 2. The lowest BCUT2D eigenvalue weighted by molar-refractivity contribution is -0.704. The quantitative estimate of drug-likeness (QED) is 0.216. The molecule has 3 aromatic rings. The number of hydrogen-bond acceptors (Lipinski definition) is 7. The van der Waals surface area contributed by atoms with Crippen molar-refractivity contribution in [1.29, 1.82) is 0 Å². The molecule has 0 aliphatic heterocycles. The maximum atomic E-state index is 12.7. The molecule has 174 valence electrons. The standard InChI is InChI=1S/C23H25N3O5S2/c1-2-30-22(28)19-16-11-7-4-8-12-17(16)33-20(19)24-18(27)13-14-32-21-23(29)31-25-26(21)15-9-5-3-6-10-15/h3,5-6,9-10H,2,4,7-8,11-14H2,1H3,(H-,24,25,27,28,29)/p+1. The van der Waals surface area contributed by atoms with Crippen molar-refractivity contribution in [2.24, 2.45) is 0 Å². The summed E-state index contributed by atoms with van der Waals surface area (Å²) in [5.41, 5.74) is 1.80. The average molecular weight is 489 g/mol. The monoisotopic (exact) mass is 488 g/mol. The van der Waals surface area contributed by atoms with Crippen LogP contribution in [0.1, 0.15) is 53.4 Å². The van der Waals surface area contributed by atoms with Crippen LogP contribution in [-0.2, 0) is 22.4 Å². The predicted molar refractivity (Wildman–Crippen MR) is 126 cm³/mol. The lowest BCUT2D eigenvalue weighted by Gasteiger charge is -2.08. The Hall–Kier alpha value is -2.85. The highest BCUT2D eigenvalue weighted by Gasteiger charge is 2.27. The molecule has 0 atom stereocenters. The van der Waals surface area contributed by atoms with Gasteiger partial charge in [0, 0.05) is 29.2 Å². The number of nitrogens with zero attached hydrogens (tertiary/aromatic N) is 1. The van der Waals surface area contributed by atoms with Crippen LogP contribution < -0.4 is 15.6 Å². The molecule has 4 rings (SSSR count). The maximum Gasteiger partial charge on any atom is 0.442 e. The number of thioether (sulfide) groups is 1. The van der Waals surface area contributed by atoms with Crippen molar-refractivity contribution in [3.63, 3.8) is 0 Å². The first-order valence-electron chi connectivity index (χ1n) is 11.0. The Labute approximate surface area is 199 Å². The van der Waals surface area contributed by atoms with E-state index in [1.54, 1.807) is 11.6 Å². The molecule has 0 saturated heterocycles. The number of benzene rings is 1. The van der Waals surface area contributed by atoms with E-state index < -0.39 is 5.63 Å². The topological polar surface area (TPSA) is 105 Å². The molecule has 2 heterocycles. The van der Waals surface area contributed by atoms with Crippen LogP contribution in [0.4, 0.5) is 5.00 Å². The zero-order chi connectivity index (χ0) is 23.2. The van der Waals surface area contributed by atoms with E-state index in [1.807, 2.05) is 30.3 Å². The van der Waals surface area contributed by atoms with Crippen molar-refractivity contribution in [3.8, 4) is 5.69 Å². The van der Waals surface area contributed by atoms with Crippen molar-refractivity contribution in [3.05, 3.63) is 56.8 Å². The molecule has 0 fully saturated rings. The molecule has 10 heteroatoms. The molecule has 2 aromatic heterocycles. The van der Waals surface area contributed by atoms with Gasteiger partial charge in [-0.3, -0.25) is 9.32 Å². The summed E-state index contributed by atoms with van der Waals surface area (Å²) in [4.78, 5) is 38.6. The van der Waals surface area contributed by atoms with E-state index in [4.69, 9.17) is 9.26 Å². The van der Waals surface area contributed by atoms with Crippen LogP contribution >= 0.6 is 23.1 Å². The minimum absolute atomic E-state index is 0.176. The molecular weight excluding hydrogens is 462 g/mol. The number of nitrogens with one attached hydrogen (secondary N) is 2. The average Bonchev–Trinajstić information content (AvgIpc) is 3.25. The SMILES string of the molecule is CCOC(=O)c1c(NC(=O)CCSc2c(=O)o[nH][n+]2-c2ccccc2)sc2c1CCCCC2. The van der Waals surface area contributed by atoms with Gasteiger partial charge in [-0.1, -0.05) is 24.6 Å². The molecule has 33 heavy (non-hydrogen) atoms. The fourth-order valence-electron chi connectivity index (χ4n) is 3.81.